The molecule has 1 fully saturated rings. The molecule has 2 amide bonds. The van der Waals surface area contributed by atoms with Gasteiger partial charge in [-0.2, -0.15) is 0 Å². The summed E-state index contributed by atoms with van der Waals surface area (Å²) in [5.74, 6) is -0.723. The number of amidine groups is 1. The monoisotopic (exact) mass is 438 g/mol. The summed E-state index contributed by atoms with van der Waals surface area (Å²) in [5.41, 5.74) is 2.65. The smallest absolute Gasteiger partial charge is 0.292 e. The molecule has 1 aliphatic heterocycles. The summed E-state index contributed by atoms with van der Waals surface area (Å²) in [6.07, 6.45) is 1.48. The van der Waals surface area contributed by atoms with Crippen molar-refractivity contribution in [3.05, 3.63) is 76.4 Å². The maximum Gasteiger partial charge on any atom is 0.292 e. The molecule has 31 heavy (non-hydrogen) atoms. The Bertz CT molecular complexity index is 1060. The number of aryl methyl sites for hydroxylation is 2. The van der Waals surface area contributed by atoms with Crippen LogP contribution in [-0.2, 0) is 9.59 Å². The average molecular weight is 439 g/mol. The number of hydrogen-bond donors (Lipinski definition) is 1. The van der Waals surface area contributed by atoms with Crippen molar-refractivity contribution in [3.63, 3.8) is 0 Å². The molecule has 2 aromatic rings. The number of amides is 2. The summed E-state index contributed by atoms with van der Waals surface area (Å²) in [4.78, 5) is 42.3. The minimum absolute atomic E-state index is 0.0975. The van der Waals surface area contributed by atoms with Crippen molar-refractivity contribution in [3.8, 4) is 0 Å². The summed E-state index contributed by atoms with van der Waals surface area (Å²) in [7, 11) is 0. The number of hydrogen-bond acceptors (Lipinski definition) is 6. The lowest BCUT2D eigenvalue weighted by Crippen LogP contribution is -2.33. The van der Waals surface area contributed by atoms with Gasteiger partial charge in [0.25, 0.3) is 5.69 Å². The Balaban J connectivity index is 1.81. The Kier molecular flexibility index (Phi) is 6.86. The van der Waals surface area contributed by atoms with Crippen LogP contribution in [0.2, 0.25) is 0 Å². The normalized spacial score (nSPS) is 17.1. The highest BCUT2D eigenvalue weighted by atomic mass is 32.2. The number of anilines is 1. The third kappa shape index (κ3) is 5.00. The number of carbonyl (C=O) groups is 2. The highest BCUT2D eigenvalue weighted by Gasteiger charge is 2.39. The second-order valence-electron chi connectivity index (χ2n) is 7.01. The van der Waals surface area contributed by atoms with Crippen molar-refractivity contribution in [2.45, 2.75) is 25.5 Å². The van der Waals surface area contributed by atoms with Crippen molar-refractivity contribution in [2.24, 2.45) is 4.99 Å². The fourth-order valence-corrected chi connectivity index (χ4v) is 4.36. The summed E-state index contributed by atoms with van der Waals surface area (Å²) in [6.45, 7) is 7.87. The molecule has 9 heteroatoms. The molecule has 1 atom stereocenters. The first-order valence-electron chi connectivity index (χ1n) is 9.59. The van der Waals surface area contributed by atoms with E-state index in [1.165, 1.54) is 34.9 Å². The Morgan fingerprint density at radius 3 is 2.58 bits per heavy atom. The number of nitrogens with one attached hydrogen (secondary N) is 1. The van der Waals surface area contributed by atoms with Crippen LogP contribution in [0.25, 0.3) is 0 Å². The van der Waals surface area contributed by atoms with Crippen LogP contribution in [0.3, 0.4) is 0 Å². The predicted molar refractivity (Wildman–Crippen MR) is 123 cm³/mol. The van der Waals surface area contributed by atoms with Crippen LogP contribution in [0.15, 0.2) is 60.1 Å². The Hall–Kier alpha value is -3.46. The van der Waals surface area contributed by atoms with E-state index < -0.39 is 16.1 Å². The molecule has 1 unspecified atom stereocenters. The van der Waals surface area contributed by atoms with Gasteiger partial charge in [-0.3, -0.25) is 24.6 Å². The van der Waals surface area contributed by atoms with Gasteiger partial charge in [-0.1, -0.05) is 48.2 Å². The van der Waals surface area contributed by atoms with Gasteiger partial charge in [0.05, 0.1) is 10.6 Å². The number of para-hydroxylation sites is 3. The third-order valence-corrected chi connectivity index (χ3v) is 5.90. The van der Waals surface area contributed by atoms with Crippen LogP contribution in [0, 0.1) is 24.0 Å². The molecular formula is C22H22N4O4S. The van der Waals surface area contributed by atoms with Gasteiger partial charge in [0.1, 0.15) is 10.9 Å². The van der Waals surface area contributed by atoms with Crippen molar-refractivity contribution in [2.75, 3.05) is 11.9 Å². The van der Waals surface area contributed by atoms with Gasteiger partial charge >= 0.3 is 0 Å². The maximum atomic E-state index is 12.9. The van der Waals surface area contributed by atoms with E-state index in [1.54, 1.807) is 12.1 Å². The SMILES string of the molecule is C=CCN1C(=O)C(CC(=O)Nc2ccccc2[N+](=O)[O-])SC1=Nc1c(C)cccc1C. The number of nitrogens with zero attached hydrogens (tertiary/aromatic N) is 3. The molecule has 1 heterocycles. The highest BCUT2D eigenvalue weighted by Crippen LogP contribution is 2.34. The van der Waals surface area contributed by atoms with Crippen LogP contribution in [0.5, 0.6) is 0 Å². The first-order chi connectivity index (χ1) is 14.8. The fourth-order valence-electron chi connectivity index (χ4n) is 3.21. The lowest BCUT2D eigenvalue weighted by molar-refractivity contribution is -0.383. The summed E-state index contributed by atoms with van der Waals surface area (Å²) in [6, 6.07) is 11.7. The number of nitro groups is 1. The molecule has 1 aliphatic rings. The molecule has 1 N–H and O–H groups in total. The number of nitro benzene ring substituents is 1. The lowest BCUT2D eigenvalue weighted by Gasteiger charge is -2.14. The van der Waals surface area contributed by atoms with Crippen molar-refractivity contribution < 1.29 is 14.5 Å². The number of rotatable bonds is 7. The number of benzene rings is 2. The molecule has 160 valence electrons. The second-order valence-corrected chi connectivity index (χ2v) is 8.18. The summed E-state index contributed by atoms with van der Waals surface area (Å²) >= 11 is 1.21. The van der Waals surface area contributed by atoms with Gasteiger partial charge in [-0.25, -0.2) is 4.99 Å². The van der Waals surface area contributed by atoms with E-state index in [9.17, 15) is 19.7 Å². The average Bonchev–Trinajstić information content (AvgIpc) is 3.00. The third-order valence-electron chi connectivity index (χ3n) is 4.72. The van der Waals surface area contributed by atoms with Gasteiger partial charge in [0.2, 0.25) is 11.8 Å². The van der Waals surface area contributed by atoms with Gasteiger partial charge in [-0.15, -0.1) is 6.58 Å². The van der Waals surface area contributed by atoms with E-state index in [1.807, 2.05) is 32.0 Å². The van der Waals surface area contributed by atoms with Crippen molar-refractivity contribution in [1.29, 1.82) is 0 Å². The second kappa shape index (κ2) is 9.57. The first-order valence-corrected chi connectivity index (χ1v) is 10.5. The molecule has 0 aromatic heterocycles. The van der Waals surface area contributed by atoms with E-state index in [2.05, 4.69) is 11.9 Å². The zero-order valence-corrected chi connectivity index (χ0v) is 18.0. The Morgan fingerprint density at radius 1 is 1.26 bits per heavy atom. The zero-order valence-electron chi connectivity index (χ0n) is 17.2. The lowest BCUT2D eigenvalue weighted by atomic mass is 10.1. The predicted octanol–water partition coefficient (Wildman–Crippen LogP) is 4.36. The molecule has 3 rings (SSSR count). The van der Waals surface area contributed by atoms with Crippen LogP contribution in [0.1, 0.15) is 17.5 Å². The minimum Gasteiger partial charge on any atom is -0.320 e. The van der Waals surface area contributed by atoms with Crippen LogP contribution >= 0.6 is 11.8 Å². The van der Waals surface area contributed by atoms with Gasteiger partial charge in [0.15, 0.2) is 5.17 Å². The molecule has 0 spiro atoms. The van der Waals surface area contributed by atoms with Gasteiger partial charge < -0.3 is 5.32 Å². The Morgan fingerprint density at radius 2 is 1.94 bits per heavy atom. The molecule has 0 radical (unpaired) electrons. The molecule has 0 aliphatic carbocycles. The fraction of sp³-hybridized carbons (Fsp3) is 0.227. The largest absolute Gasteiger partial charge is 0.320 e. The van der Waals surface area contributed by atoms with E-state index in [4.69, 9.17) is 4.99 Å². The molecule has 0 bridgehead atoms. The number of thioether (sulfide) groups is 1. The molecule has 0 saturated carbocycles. The Labute approximate surface area is 184 Å². The van der Waals surface area contributed by atoms with E-state index >= 15 is 0 Å². The molecule has 1 saturated heterocycles. The first kappa shape index (κ1) is 22.2. The molecule has 2 aromatic carbocycles. The van der Waals surface area contributed by atoms with Crippen LogP contribution in [-0.4, -0.2) is 38.6 Å². The molecular weight excluding hydrogens is 416 g/mol. The zero-order chi connectivity index (χ0) is 22.5. The minimum atomic E-state index is -0.675. The van der Waals surface area contributed by atoms with Crippen LogP contribution in [0.4, 0.5) is 17.1 Å². The maximum absolute atomic E-state index is 12.9. The number of aliphatic imine (C=N–C) groups is 1. The van der Waals surface area contributed by atoms with Gasteiger partial charge in [-0.05, 0) is 31.0 Å². The topological polar surface area (TPSA) is 105 Å². The molecule has 8 nitrogen and oxygen atoms in total. The van der Waals surface area contributed by atoms with E-state index in [0.29, 0.717) is 5.17 Å². The highest BCUT2D eigenvalue weighted by molar-refractivity contribution is 8.15. The quantitative estimate of drug-likeness (QED) is 0.393. The van der Waals surface area contributed by atoms with Crippen molar-refractivity contribution >= 4 is 45.8 Å². The van der Waals surface area contributed by atoms with Crippen LogP contribution < -0.4 is 5.32 Å². The summed E-state index contributed by atoms with van der Waals surface area (Å²) < 4.78 is 0. The number of carbonyl (C=O) groups excluding carboxylic acids is 2. The van der Waals surface area contributed by atoms with Crippen molar-refractivity contribution in [1.82, 2.24) is 4.90 Å². The van der Waals surface area contributed by atoms with E-state index in [-0.39, 0.29) is 30.2 Å². The van der Waals surface area contributed by atoms with Gasteiger partial charge in [0, 0.05) is 19.0 Å². The standard InChI is InChI=1S/C22H22N4O4S/c1-4-12-25-21(28)18(31-22(25)24-20-14(2)8-7-9-15(20)3)13-19(27)23-16-10-5-6-11-17(16)26(29)30/h4-11,18H,1,12-13H2,2-3H3,(H,23,27). The van der Waals surface area contributed by atoms with E-state index in [0.717, 1.165) is 16.8 Å². The summed E-state index contributed by atoms with van der Waals surface area (Å²) in [5, 5.41) is 13.5.